The van der Waals surface area contributed by atoms with Gasteiger partial charge in [0.25, 0.3) is 11.8 Å². The Morgan fingerprint density at radius 2 is 1.27 bits per heavy atom. The van der Waals surface area contributed by atoms with E-state index >= 15 is 0 Å². The van der Waals surface area contributed by atoms with E-state index < -0.39 is 15.9 Å². The molecule has 0 saturated carbocycles. The molecule has 0 aliphatic rings. The molecule has 0 saturated heterocycles. The minimum Gasteiger partial charge on any atom is -0.326 e. The molecule has 4 N–H and O–H groups in total. The van der Waals surface area contributed by atoms with Crippen molar-refractivity contribution in [3.05, 3.63) is 126 Å². The number of benzene rings is 4. The lowest BCUT2D eigenvalue weighted by molar-refractivity contribution is -0.114. The van der Waals surface area contributed by atoms with Gasteiger partial charge < -0.3 is 10.6 Å². The Morgan fingerprint density at radius 3 is 1.90 bits per heavy atom. The molecular formula is C30H27N5O5S. The van der Waals surface area contributed by atoms with E-state index in [0.29, 0.717) is 22.5 Å². The number of carbonyl (C=O) groups excluding carboxylic acids is 3. The van der Waals surface area contributed by atoms with Crippen LogP contribution in [0.5, 0.6) is 0 Å². The summed E-state index contributed by atoms with van der Waals surface area (Å²) in [5.74, 6) is -1.25. The number of para-hydroxylation sites is 1. The van der Waals surface area contributed by atoms with E-state index in [2.05, 4.69) is 25.9 Å². The van der Waals surface area contributed by atoms with Crippen LogP contribution < -0.4 is 20.8 Å². The largest absolute Gasteiger partial charge is 0.326 e. The van der Waals surface area contributed by atoms with Crippen molar-refractivity contribution < 1.29 is 22.8 Å². The molecule has 0 aliphatic heterocycles. The summed E-state index contributed by atoms with van der Waals surface area (Å²) in [7, 11) is -3.95. The topological polar surface area (TPSA) is 146 Å². The van der Waals surface area contributed by atoms with Crippen LogP contribution in [-0.2, 0) is 14.8 Å². The molecule has 0 heterocycles. The number of hydrogen-bond donors (Lipinski definition) is 4. The number of nitrogens with zero attached hydrogens (tertiary/aromatic N) is 1. The first-order valence-corrected chi connectivity index (χ1v) is 14.0. The van der Waals surface area contributed by atoms with Crippen LogP contribution in [0.4, 0.5) is 11.4 Å². The Bertz CT molecular complexity index is 1670. The van der Waals surface area contributed by atoms with Crippen LogP contribution in [0.3, 0.4) is 0 Å². The first-order valence-electron chi connectivity index (χ1n) is 12.5. The summed E-state index contributed by atoms with van der Waals surface area (Å²) in [6.45, 7) is 1.13. The number of hydrogen-bond acceptors (Lipinski definition) is 6. The van der Waals surface area contributed by atoms with Crippen LogP contribution in [0.2, 0.25) is 0 Å². The zero-order valence-electron chi connectivity index (χ0n) is 22.0. The second-order valence-corrected chi connectivity index (χ2v) is 10.5. The third kappa shape index (κ3) is 7.94. The molecule has 0 bridgehead atoms. The van der Waals surface area contributed by atoms with Gasteiger partial charge in [0.05, 0.1) is 28.4 Å². The minimum absolute atomic E-state index is 0.00821. The van der Waals surface area contributed by atoms with Crippen molar-refractivity contribution in [2.45, 2.75) is 11.8 Å². The van der Waals surface area contributed by atoms with Gasteiger partial charge in [-0.1, -0.05) is 60.7 Å². The van der Waals surface area contributed by atoms with Crippen molar-refractivity contribution in [2.24, 2.45) is 5.10 Å². The molecule has 0 fully saturated rings. The van der Waals surface area contributed by atoms with E-state index in [-0.39, 0.29) is 34.5 Å². The molecule has 4 rings (SSSR count). The molecule has 0 atom stereocenters. The van der Waals surface area contributed by atoms with E-state index in [1.54, 1.807) is 84.9 Å². The van der Waals surface area contributed by atoms with Crippen LogP contribution in [0.15, 0.2) is 119 Å². The monoisotopic (exact) mass is 569 g/mol. The van der Waals surface area contributed by atoms with Crippen molar-refractivity contribution in [2.75, 3.05) is 17.2 Å². The summed E-state index contributed by atoms with van der Waals surface area (Å²) < 4.78 is 28.4. The smallest absolute Gasteiger partial charge is 0.273 e. The van der Waals surface area contributed by atoms with Gasteiger partial charge in [-0.05, 0) is 54.1 Å². The molecular weight excluding hydrogens is 542 g/mol. The zero-order valence-corrected chi connectivity index (χ0v) is 22.8. The van der Waals surface area contributed by atoms with Crippen molar-refractivity contribution in [3.63, 3.8) is 0 Å². The summed E-state index contributed by atoms with van der Waals surface area (Å²) in [6.07, 6.45) is 0. The third-order valence-corrected chi connectivity index (χ3v) is 7.19. The van der Waals surface area contributed by atoms with Gasteiger partial charge in [-0.15, -0.1) is 0 Å². The maximum absolute atomic E-state index is 13.1. The predicted octanol–water partition coefficient (Wildman–Crippen LogP) is 4.01. The maximum Gasteiger partial charge on any atom is 0.273 e. The van der Waals surface area contributed by atoms with E-state index in [9.17, 15) is 22.8 Å². The van der Waals surface area contributed by atoms with Gasteiger partial charge in [-0.25, -0.2) is 18.6 Å². The fourth-order valence-electron chi connectivity index (χ4n) is 3.76. The lowest BCUT2D eigenvalue weighted by Gasteiger charge is -2.12. The van der Waals surface area contributed by atoms with Crippen LogP contribution in [0.1, 0.15) is 33.2 Å². The van der Waals surface area contributed by atoms with Crippen molar-refractivity contribution in [1.82, 2.24) is 10.1 Å². The van der Waals surface area contributed by atoms with Crippen molar-refractivity contribution >= 4 is 44.8 Å². The lowest BCUT2D eigenvalue weighted by Crippen LogP contribution is -2.32. The van der Waals surface area contributed by atoms with Gasteiger partial charge in [-0.3, -0.25) is 14.4 Å². The van der Waals surface area contributed by atoms with Gasteiger partial charge in [0.15, 0.2) is 0 Å². The fourth-order valence-corrected chi connectivity index (χ4v) is 4.74. The number of rotatable bonds is 10. The molecule has 208 valence electrons. The highest BCUT2D eigenvalue weighted by atomic mass is 32.2. The lowest BCUT2D eigenvalue weighted by atomic mass is 10.1. The summed E-state index contributed by atoms with van der Waals surface area (Å²) in [5.41, 5.74) is 4.68. The first-order chi connectivity index (χ1) is 19.7. The van der Waals surface area contributed by atoms with Gasteiger partial charge in [0.1, 0.15) is 0 Å². The number of anilines is 2. The van der Waals surface area contributed by atoms with E-state index in [1.165, 1.54) is 31.2 Å². The van der Waals surface area contributed by atoms with Crippen LogP contribution in [0, 0.1) is 0 Å². The zero-order chi connectivity index (χ0) is 29.2. The molecule has 4 aromatic carbocycles. The van der Waals surface area contributed by atoms with E-state index in [1.807, 2.05) is 0 Å². The van der Waals surface area contributed by atoms with Gasteiger partial charge in [0, 0.05) is 18.2 Å². The summed E-state index contributed by atoms with van der Waals surface area (Å²) >= 11 is 0. The van der Waals surface area contributed by atoms with Crippen molar-refractivity contribution in [3.8, 4) is 0 Å². The molecule has 0 aliphatic carbocycles. The Labute approximate surface area is 237 Å². The Kier molecular flexibility index (Phi) is 9.35. The second kappa shape index (κ2) is 13.3. The van der Waals surface area contributed by atoms with Gasteiger partial charge in [-0.2, -0.15) is 5.10 Å². The summed E-state index contributed by atoms with van der Waals surface area (Å²) in [4.78, 5) is 37.0. The molecule has 0 spiro atoms. The van der Waals surface area contributed by atoms with Crippen molar-refractivity contribution in [1.29, 1.82) is 0 Å². The Hall–Kier alpha value is -5.13. The first kappa shape index (κ1) is 28.9. The van der Waals surface area contributed by atoms with Gasteiger partial charge in [0.2, 0.25) is 15.9 Å². The third-order valence-electron chi connectivity index (χ3n) is 5.77. The predicted molar refractivity (Wildman–Crippen MR) is 157 cm³/mol. The molecule has 10 nitrogen and oxygen atoms in total. The number of carbonyl (C=O) groups is 3. The number of hydrazone groups is 1. The number of nitrogens with one attached hydrogen (secondary N) is 4. The normalized spacial score (nSPS) is 11.4. The van der Waals surface area contributed by atoms with Crippen LogP contribution >= 0.6 is 0 Å². The quantitative estimate of drug-likeness (QED) is 0.168. The SMILES string of the molecule is CC(=O)Nc1ccc(S(=O)(=O)NC/C(=N\NC(=O)c2ccccc2NC(=O)c2ccccc2)c2ccccc2)cc1. The molecule has 11 heteroatoms. The standard InChI is InChI=1S/C30H27N5O5S/c1-21(36)32-24-16-18-25(19-17-24)41(39,40)31-20-28(22-10-4-2-5-11-22)34-35-30(38)26-14-8-9-15-27(26)33-29(37)23-12-6-3-7-13-23/h2-19,31H,20H2,1H3,(H,32,36)(H,33,37)(H,35,38)/b34-28+. The molecule has 3 amide bonds. The molecule has 41 heavy (non-hydrogen) atoms. The molecule has 4 aromatic rings. The molecule has 0 aromatic heterocycles. The highest BCUT2D eigenvalue weighted by Crippen LogP contribution is 2.17. The highest BCUT2D eigenvalue weighted by molar-refractivity contribution is 7.89. The number of amides is 3. The molecule has 0 unspecified atom stereocenters. The van der Waals surface area contributed by atoms with E-state index in [0.717, 1.165) is 0 Å². The fraction of sp³-hybridized carbons (Fsp3) is 0.0667. The summed E-state index contributed by atoms with van der Waals surface area (Å²) in [6, 6.07) is 29.6. The van der Waals surface area contributed by atoms with Gasteiger partial charge >= 0.3 is 0 Å². The van der Waals surface area contributed by atoms with Crippen LogP contribution in [0.25, 0.3) is 0 Å². The van der Waals surface area contributed by atoms with Crippen LogP contribution in [-0.4, -0.2) is 38.4 Å². The second-order valence-electron chi connectivity index (χ2n) is 8.76. The Morgan fingerprint density at radius 1 is 0.683 bits per heavy atom. The Balaban J connectivity index is 1.51. The number of sulfonamides is 1. The molecule has 0 radical (unpaired) electrons. The van der Waals surface area contributed by atoms with E-state index in [4.69, 9.17) is 0 Å². The summed E-state index contributed by atoms with van der Waals surface area (Å²) in [5, 5.41) is 9.55. The maximum atomic E-state index is 13.1. The highest BCUT2D eigenvalue weighted by Gasteiger charge is 2.17. The minimum atomic E-state index is -3.95. The average molecular weight is 570 g/mol. The average Bonchev–Trinajstić information content (AvgIpc) is 2.98.